The van der Waals surface area contributed by atoms with Gasteiger partial charge >= 0.3 is 0 Å². The summed E-state index contributed by atoms with van der Waals surface area (Å²) in [7, 11) is -3.79. The minimum absolute atomic E-state index is 0.0228. The predicted molar refractivity (Wildman–Crippen MR) is 104 cm³/mol. The Hall–Kier alpha value is -2.61. The molecule has 0 saturated carbocycles. The maximum atomic E-state index is 13.4. The summed E-state index contributed by atoms with van der Waals surface area (Å²) in [6.45, 7) is 2.78. The van der Waals surface area contributed by atoms with Gasteiger partial charge in [-0.15, -0.1) is 0 Å². The number of rotatable bonds is 8. The van der Waals surface area contributed by atoms with Crippen LogP contribution >= 0.6 is 0 Å². The molecule has 2 heterocycles. The summed E-state index contributed by atoms with van der Waals surface area (Å²) in [5.74, 6) is 0.772. The molecule has 1 aliphatic heterocycles. The van der Waals surface area contributed by atoms with Crippen LogP contribution in [0.3, 0.4) is 0 Å². The fourth-order valence-electron chi connectivity index (χ4n) is 2.97. The van der Waals surface area contributed by atoms with Crippen LogP contribution in [0.4, 0.5) is 0 Å². The van der Waals surface area contributed by atoms with E-state index in [1.165, 1.54) is 18.3 Å². The first-order valence-electron chi connectivity index (χ1n) is 9.32. The lowest BCUT2D eigenvalue weighted by Crippen LogP contribution is -2.32. The summed E-state index contributed by atoms with van der Waals surface area (Å²) < 4.78 is 37.7. The highest BCUT2D eigenvalue weighted by atomic mass is 32.2. The van der Waals surface area contributed by atoms with Gasteiger partial charge in [-0.05, 0) is 30.2 Å². The fourth-order valence-corrected chi connectivity index (χ4v) is 4.63. The first-order valence-corrected chi connectivity index (χ1v) is 10.9. The minimum atomic E-state index is -3.79. The second-order valence-electron chi connectivity index (χ2n) is 6.53. The van der Waals surface area contributed by atoms with E-state index in [0.29, 0.717) is 36.7 Å². The first kappa shape index (κ1) is 20.1. The lowest BCUT2D eigenvalue weighted by molar-refractivity contribution is -0.121. The molecule has 0 spiro atoms. The van der Waals surface area contributed by atoms with E-state index in [1.54, 1.807) is 24.4 Å². The smallest absolute Gasteiger partial charge is 0.220 e. The number of sulfone groups is 1. The first-order chi connectivity index (χ1) is 13.5. The van der Waals surface area contributed by atoms with Crippen LogP contribution in [0.1, 0.15) is 37.0 Å². The maximum Gasteiger partial charge on any atom is 0.220 e. The number of hydrogen-bond donors (Lipinski definition) is 1. The monoisotopic (exact) mass is 404 g/mol. The van der Waals surface area contributed by atoms with Gasteiger partial charge in [-0.2, -0.15) is 0 Å². The van der Waals surface area contributed by atoms with Crippen LogP contribution in [0.2, 0.25) is 0 Å². The molecule has 0 unspecified atom stereocenters. The number of carbonyl (C=O) groups is 1. The topological polar surface area (TPSA) is 94.6 Å². The summed E-state index contributed by atoms with van der Waals surface area (Å²) >= 11 is 0. The number of hydrogen-bond acceptors (Lipinski definition) is 6. The van der Waals surface area contributed by atoms with E-state index >= 15 is 0 Å². The van der Waals surface area contributed by atoms with Crippen molar-refractivity contribution in [2.75, 3.05) is 19.8 Å². The molecule has 0 aliphatic carbocycles. The van der Waals surface area contributed by atoms with Crippen LogP contribution < -0.4 is 14.8 Å². The number of carbonyl (C=O) groups excluding carboxylic acids is 1. The second-order valence-corrected chi connectivity index (χ2v) is 8.66. The largest absolute Gasteiger partial charge is 0.486 e. The number of ether oxygens (including phenoxy) is 2. The molecule has 1 N–H and O–H groups in total. The standard InChI is InChI=1S/C20H24N2O5S/c1-2-3-6-20(23)22-14-19(15-5-4-9-21-13-15)28(24,25)16-7-8-17-18(12-16)27-11-10-26-17/h4-5,7-9,12-13,19H,2-3,6,10-11,14H2,1H3,(H,22,23)/t19-/m1/s1. The molecule has 2 aromatic rings. The molecule has 1 aromatic heterocycles. The Bertz CT molecular complexity index is 915. The van der Waals surface area contributed by atoms with E-state index in [4.69, 9.17) is 9.47 Å². The third-order valence-corrected chi connectivity index (χ3v) is 6.61. The number of amides is 1. The zero-order valence-corrected chi connectivity index (χ0v) is 16.6. The van der Waals surface area contributed by atoms with Gasteiger partial charge in [0.25, 0.3) is 0 Å². The number of aromatic nitrogens is 1. The highest BCUT2D eigenvalue weighted by Crippen LogP contribution is 2.36. The third-order valence-electron chi connectivity index (χ3n) is 4.51. The number of nitrogens with zero attached hydrogens (tertiary/aromatic N) is 1. The molecule has 28 heavy (non-hydrogen) atoms. The van der Waals surface area contributed by atoms with Gasteiger partial charge in [0, 0.05) is 31.4 Å². The molecule has 0 saturated heterocycles. The molecule has 1 amide bonds. The molecule has 8 heteroatoms. The Labute approximate surface area is 165 Å². The number of unbranched alkanes of at least 4 members (excludes halogenated alkanes) is 1. The van der Waals surface area contributed by atoms with Crippen LogP contribution in [0.15, 0.2) is 47.6 Å². The van der Waals surface area contributed by atoms with Crippen LogP contribution in [0.25, 0.3) is 0 Å². The van der Waals surface area contributed by atoms with Gasteiger partial charge in [-0.3, -0.25) is 9.78 Å². The van der Waals surface area contributed by atoms with Gasteiger partial charge in [0.15, 0.2) is 21.3 Å². The molecule has 1 aliphatic rings. The van der Waals surface area contributed by atoms with Crippen molar-refractivity contribution in [3.05, 3.63) is 48.3 Å². The zero-order valence-electron chi connectivity index (χ0n) is 15.8. The van der Waals surface area contributed by atoms with Gasteiger partial charge < -0.3 is 14.8 Å². The van der Waals surface area contributed by atoms with Crippen molar-refractivity contribution in [3.63, 3.8) is 0 Å². The summed E-state index contributed by atoms with van der Waals surface area (Å²) in [5, 5.41) is 1.80. The van der Waals surface area contributed by atoms with Crippen molar-refractivity contribution >= 4 is 15.7 Å². The Kier molecular flexibility index (Phi) is 6.51. The van der Waals surface area contributed by atoms with E-state index in [1.807, 2.05) is 6.92 Å². The highest BCUT2D eigenvalue weighted by molar-refractivity contribution is 7.91. The van der Waals surface area contributed by atoms with Gasteiger partial charge in [-0.1, -0.05) is 19.4 Å². The summed E-state index contributed by atoms with van der Waals surface area (Å²) in [4.78, 5) is 16.2. The van der Waals surface area contributed by atoms with E-state index in [-0.39, 0.29) is 17.3 Å². The molecular formula is C20H24N2O5S. The van der Waals surface area contributed by atoms with Crippen molar-refractivity contribution in [1.82, 2.24) is 10.3 Å². The van der Waals surface area contributed by atoms with Crippen LogP contribution in [0, 0.1) is 0 Å². The molecule has 0 bridgehead atoms. The van der Waals surface area contributed by atoms with Crippen molar-refractivity contribution < 1.29 is 22.7 Å². The van der Waals surface area contributed by atoms with Crippen molar-refractivity contribution in [3.8, 4) is 11.5 Å². The lowest BCUT2D eigenvalue weighted by atomic mass is 10.2. The Balaban J connectivity index is 1.89. The lowest BCUT2D eigenvalue weighted by Gasteiger charge is -2.21. The zero-order chi connectivity index (χ0) is 20.0. The predicted octanol–water partition coefficient (Wildman–Crippen LogP) is 2.67. The quantitative estimate of drug-likeness (QED) is 0.727. The second kappa shape index (κ2) is 9.05. The molecule has 1 atom stereocenters. The Morgan fingerprint density at radius 3 is 2.71 bits per heavy atom. The van der Waals surface area contributed by atoms with Crippen LogP contribution in [-0.4, -0.2) is 39.1 Å². The van der Waals surface area contributed by atoms with Gasteiger partial charge in [-0.25, -0.2) is 8.42 Å². The molecule has 7 nitrogen and oxygen atoms in total. The number of fused-ring (bicyclic) bond motifs is 1. The third kappa shape index (κ3) is 4.62. The molecule has 1 aromatic carbocycles. The molecule has 0 radical (unpaired) electrons. The summed E-state index contributed by atoms with van der Waals surface area (Å²) in [6, 6.07) is 7.96. The van der Waals surface area contributed by atoms with Gasteiger partial charge in [0.1, 0.15) is 18.5 Å². The van der Waals surface area contributed by atoms with Crippen LogP contribution in [0.5, 0.6) is 11.5 Å². The van der Waals surface area contributed by atoms with E-state index in [0.717, 1.165) is 12.8 Å². The number of benzene rings is 1. The van der Waals surface area contributed by atoms with E-state index in [9.17, 15) is 13.2 Å². The SMILES string of the molecule is CCCCC(=O)NC[C@H](c1cccnc1)S(=O)(=O)c1ccc2c(c1)OCCO2. The average molecular weight is 404 g/mol. The van der Waals surface area contributed by atoms with E-state index < -0.39 is 15.1 Å². The number of nitrogens with one attached hydrogen (secondary N) is 1. The number of pyridine rings is 1. The Morgan fingerprint density at radius 2 is 2.00 bits per heavy atom. The average Bonchev–Trinajstić information content (AvgIpc) is 2.72. The molecule has 0 fully saturated rings. The highest BCUT2D eigenvalue weighted by Gasteiger charge is 2.31. The molecule has 150 valence electrons. The summed E-state index contributed by atoms with van der Waals surface area (Å²) in [6.07, 6.45) is 5.13. The van der Waals surface area contributed by atoms with Gasteiger partial charge in [0.05, 0.1) is 4.90 Å². The minimum Gasteiger partial charge on any atom is -0.486 e. The van der Waals surface area contributed by atoms with Crippen molar-refractivity contribution in [2.45, 2.75) is 36.3 Å². The maximum absolute atomic E-state index is 13.4. The fraction of sp³-hybridized carbons (Fsp3) is 0.400. The van der Waals surface area contributed by atoms with E-state index in [2.05, 4.69) is 10.3 Å². The van der Waals surface area contributed by atoms with Crippen molar-refractivity contribution in [1.29, 1.82) is 0 Å². The van der Waals surface area contributed by atoms with Crippen molar-refractivity contribution in [2.24, 2.45) is 0 Å². The molecular weight excluding hydrogens is 380 g/mol. The van der Waals surface area contributed by atoms with Gasteiger partial charge in [0.2, 0.25) is 5.91 Å². The normalized spacial score (nSPS) is 14.3. The van der Waals surface area contributed by atoms with Crippen LogP contribution in [-0.2, 0) is 14.6 Å². The Morgan fingerprint density at radius 1 is 1.21 bits per heavy atom. The molecule has 3 rings (SSSR count). The summed E-state index contributed by atoms with van der Waals surface area (Å²) in [5.41, 5.74) is 0.521.